The van der Waals surface area contributed by atoms with Crippen molar-refractivity contribution in [3.05, 3.63) is 16.4 Å². The first-order chi connectivity index (χ1) is 7.91. The molecule has 0 bridgehead atoms. The molecule has 17 heavy (non-hydrogen) atoms. The van der Waals surface area contributed by atoms with Gasteiger partial charge in [0.1, 0.15) is 10.9 Å². The van der Waals surface area contributed by atoms with E-state index in [2.05, 4.69) is 5.10 Å². The zero-order chi connectivity index (χ0) is 12.6. The summed E-state index contributed by atoms with van der Waals surface area (Å²) in [5, 5.41) is 15.3. The molecule has 0 radical (unpaired) electrons. The fourth-order valence-corrected chi connectivity index (χ4v) is 2.62. The third-order valence-electron chi connectivity index (χ3n) is 3.51. The smallest absolute Gasteiger partial charge is 0.133 e. The largest absolute Gasteiger partial charge is 0.390 e. The van der Waals surface area contributed by atoms with E-state index in [0.29, 0.717) is 37.3 Å². The Balaban J connectivity index is 2.17. The normalized spacial score (nSPS) is 19.6. The highest BCUT2D eigenvalue weighted by Gasteiger charge is 2.34. The first-order valence-corrected chi connectivity index (χ1v) is 6.21. The topological polar surface area (TPSA) is 55.1 Å². The van der Waals surface area contributed by atoms with Gasteiger partial charge in [0.05, 0.1) is 11.3 Å². The zero-order valence-corrected chi connectivity index (χ0v) is 10.9. The van der Waals surface area contributed by atoms with Gasteiger partial charge >= 0.3 is 0 Å². The number of aromatic nitrogens is 2. The van der Waals surface area contributed by atoms with Crippen molar-refractivity contribution in [2.45, 2.75) is 44.6 Å². The monoisotopic (exact) mass is 256 g/mol. The molecule has 0 aliphatic heterocycles. The van der Waals surface area contributed by atoms with Crippen molar-refractivity contribution in [2.24, 2.45) is 7.05 Å². The summed E-state index contributed by atoms with van der Waals surface area (Å²) in [5.41, 5.74) is 0.944. The van der Waals surface area contributed by atoms with E-state index in [1.54, 1.807) is 11.7 Å². The van der Waals surface area contributed by atoms with Gasteiger partial charge in [0.25, 0.3) is 0 Å². The molecule has 0 spiro atoms. The second-order valence-corrected chi connectivity index (χ2v) is 5.28. The number of hydrogen-bond donors (Lipinski definition) is 1. The number of carbonyl (C=O) groups is 1. The Bertz CT molecular complexity index is 444. The van der Waals surface area contributed by atoms with E-state index in [1.165, 1.54) is 0 Å². The van der Waals surface area contributed by atoms with Crippen LogP contribution in [-0.4, -0.2) is 26.3 Å². The van der Waals surface area contributed by atoms with Crippen LogP contribution < -0.4 is 0 Å². The summed E-state index contributed by atoms with van der Waals surface area (Å²) in [5.74, 6) is 0.240. The number of carbonyl (C=O) groups excluding carboxylic acids is 1. The minimum Gasteiger partial charge on any atom is -0.390 e. The maximum absolute atomic E-state index is 11.2. The molecule has 0 saturated heterocycles. The Morgan fingerprint density at radius 2 is 2.06 bits per heavy atom. The molecule has 1 aromatic rings. The first kappa shape index (κ1) is 12.6. The fraction of sp³-hybridized carbons (Fsp3) is 0.667. The lowest BCUT2D eigenvalue weighted by Gasteiger charge is -2.31. The second kappa shape index (κ2) is 4.42. The number of nitrogens with zero attached hydrogens (tertiary/aromatic N) is 2. The number of Topliss-reactive ketones (excluding diaryl/α,β-unsaturated/α-hetero) is 1. The van der Waals surface area contributed by atoms with Gasteiger partial charge in [-0.15, -0.1) is 0 Å². The molecular weight excluding hydrogens is 240 g/mol. The van der Waals surface area contributed by atoms with Crippen LogP contribution in [-0.2, 0) is 18.3 Å². The number of rotatable bonds is 2. The van der Waals surface area contributed by atoms with Gasteiger partial charge in [-0.3, -0.25) is 9.48 Å². The van der Waals surface area contributed by atoms with E-state index in [9.17, 15) is 9.90 Å². The molecule has 0 unspecified atom stereocenters. The van der Waals surface area contributed by atoms with Gasteiger partial charge in [-0.1, -0.05) is 11.6 Å². The van der Waals surface area contributed by atoms with Crippen LogP contribution in [0.4, 0.5) is 0 Å². The third-order valence-corrected chi connectivity index (χ3v) is 3.99. The Morgan fingerprint density at radius 1 is 1.47 bits per heavy atom. The minimum absolute atomic E-state index is 0.240. The summed E-state index contributed by atoms with van der Waals surface area (Å²) >= 11 is 6.15. The first-order valence-electron chi connectivity index (χ1n) is 5.83. The van der Waals surface area contributed by atoms with Crippen LogP contribution >= 0.6 is 11.6 Å². The number of ketones is 1. The van der Waals surface area contributed by atoms with Crippen LogP contribution in [0, 0.1) is 6.92 Å². The second-order valence-electron chi connectivity index (χ2n) is 4.92. The van der Waals surface area contributed by atoms with E-state index in [4.69, 9.17) is 11.6 Å². The molecule has 4 nitrogen and oxygen atoms in total. The molecule has 1 aliphatic carbocycles. The molecule has 1 fully saturated rings. The average molecular weight is 257 g/mol. The molecule has 0 aromatic carbocycles. The molecule has 1 saturated carbocycles. The van der Waals surface area contributed by atoms with Crippen molar-refractivity contribution in [2.75, 3.05) is 0 Å². The predicted octanol–water partition coefficient (Wildman–Crippen LogP) is 1.80. The average Bonchev–Trinajstić information content (AvgIpc) is 2.50. The van der Waals surface area contributed by atoms with Gasteiger partial charge < -0.3 is 5.11 Å². The van der Waals surface area contributed by atoms with E-state index in [0.717, 1.165) is 11.3 Å². The summed E-state index contributed by atoms with van der Waals surface area (Å²) in [7, 11) is 1.78. The van der Waals surface area contributed by atoms with E-state index < -0.39 is 5.60 Å². The van der Waals surface area contributed by atoms with Crippen molar-refractivity contribution in [3.63, 3.8) is 0 Å². The van der Waals surface area contributed by atoms with E-state index in [1.807, 2.05) is 6.92 Å². The minimum atomic E-state index is -0.800. The molecular formula is C12H17ClN2O2. The molecule has 1 N–H and O–H groups in total. The maximum atomic E-state index is 11.2. The summed E-state index contributed by atoms with van der Waals surface area (Å²) in [4.78, 5) is 11.2. The van der Waals surface area contributed by atoms with Crippen LogP contribution in [0.15, 0.2) is 0 Å². The Morgan fingerprint density at radius 3 is 2.53 bits per heavy atom. The molecule has 2 rings (SSSR count). The lowest BCUT2D eigenvalue weighted by atomic mass is 9.80. The van der Waals surface area contributed by atoms with Gasteiger partial charge in [-0.2, -0.15) is 5.10 Å². The van der Waals surface area contributed by atoms with Gasteiger partial charge in [0.15, 0.2) is 0 Å². The SMILES string of the molecule is Cc1nn(C)c(Cl)c1CC1(O)CCC(=O)CC1. The fourth-order valence-electron chi connectivity index (χ4n) is 2.37. The van der Waals surface area contributed by atoms with Crippen molar-refractivity contribution in [1.82, 2.24) is 9.78 Å². The highest BCUT2D eigenvalue weighted by atomic mass is 35.5. The highest BCUT2D eigenvalue weighted by molar-refractivity contribution is 6.30. The summed E-state index contributed by atoms with van der Waals surface area (Å²) in [6.45, 7) is 1.89. The summed E-state index contributed by atoms with van der Waals surface area (Å²) in [6.07, 6.45) is 2.46. The Hall–Kier alpha value is -0.870. The van der Waals surface area contributed by atoms with Gasteiger partial charge in [0.2, 0.25) is 0 Å². The van der Waals surface area contributed by atoms with Crippen molar-refractivity contribution < 1.29 is 9.90 Å². The number of aliphatic hydroxyl groups is 1. The molecule has 5 heteroatoms. The summed E-state index contributed by atoms with van der Waals surface area (Å²) < 4.78 is 1.61. The van der Waals surface area contributed by atoms with Crippen LogP contribution in [0.5, 0.6) is 0 Å². The standard InChI is InChI=1S/C12H17ClN2O2/c1-8-10(11(13)15(2)14-8)7-12(17)5-3-9(16)4-6-12/h17H,3-7H2,1-2H3. The van der Waals surface area contributed by atoms with Crippen LogP contribution in [0.25, 0.3) is 0 Å². The highest BCUT2D eigenvalue weighted by Crippen LogP contribution is 2.32. The van der Waals surface area contributed by atoms with E-state index >= 15 is 0 Å². The molecule has 94 valence electrons. The molecule has 1 aliphatic rings. The zero-order valence-electron chi connectivity index (χ0n) is 10.2. The van der Waals surface area contributed by atoms with Gasteiger partial charge in [-0.25, -0.2) is 0 Å². The van der Waals surface area contributed by atoms with Gasteiger partial charge in [-0.05, 0) is 19.8 Å². The Labute approximate surface area is 106 Å². The molecule has 1 aromatic heterocycles. The van der Waals surface area contributed by atoms with E-state index in [-0.39, 0.29) is 5.78 Å². The lowest BCUT2D eigenvalue weighted by Crippen LogP contribution is -2.36. The number of aryl methyl sites for hydroxylation is 2. The van der Waals surface area contributed by atoms with Crippen LogP contribution in [0.3, 0.4) is 0 Å². The third kappa shape index (κ3) is 2.53. The van der Waals surface area contributed by atoms with Crippen LogP contribution in [0.2, 0.25) is 5.15 Å². The molecule has 1 heterocycles. The maximum Gasteiger partial charge on any atom is 0.133 e. The molecule has 0 amide bonds. The predicted molar refractivity (Wildman–Crippen MR) is 65.1 cm³/mol. The number of hydrogen-bond acceptors (Lipinski definition) is 3. The molecule has 0 atom stereocenters. The number of halogens is 1. The summed E-state index contributed by atoms with van der Waals surface area (Å²) in [6, 6.07) is 0. The van der Waals surface area contributed by atoms with Crippen molar-refractivity contribution in [3.8, 4) is 0 Å². The lowest BCUT2D eigenvalue weighted by molar-refractivity contribution is -0.125. The van der Waals surface area contributed by atoms with Gasteiger partial charge in [0, 0.05) is 31.9 Å². The quantitative estimate of drug-likeness (QED) is 0.878. The van der Waals surface area contributed by atoms with Crippen molar-refractivity contribution in [1.29, 1.82) is 0 Å². The van der Waals surface area contributed by atoms with Crippen LogP contribution in [0.1, 0.15) is 36.9 Å². The Kier molecular flexibility index (Phi) is 3.27. The van der Waals surface area contributed by atoms with Crippen molar-refractivity contribution >= 4 is 17.4 Å².